The summed E-state index contributed by atoms with van der Waals surface area (Å²) in [5, 5.41) is 19.7. The number of carboxylic acids is 1. The van der Waals surface area contributed by atoms with Crippen molar-refractivity contribution in [1.82, 2.24) is 0 Å². The molecule has 0 amide bonds. The zero-order chi connectivity index (χ0) is 17.7. The van der Waals surface area contributed by atoms with Gasteiger partial charge in [-0.2, -0.15) is 0 Å². The fraction of sp³-hybridized carbons (Fsp3) is 0.0667. The maximum absolute atomic E-state index is 11.8. The number of carbonyl (C=O) groups excluding carboxylic acids is 1. The number of carboxylic acid groups (broad SMARTS) is 1. The monoisotopic (exact) mass is 395 g/mol. The molecule has 2 rings (SSSR count). The molecule has 0 fully saturated rings. The predicted molar refractivity (Wildman–Crippen MR) is 85.3 cm³/mol. The van der Waals surface area contributed by atoms with E-state index in [2.05, 4.69) is 15.9 Å². The van der Waals surface area contributed by atoms with Crippen LogP contribution in [0, 0.1) is 10.1 Å². The molecule has 0 radical (unpaired) electrons. The molecule has 0 atom stereocenters. The van der Waals surface area contributed by atoms with E-state index < -0.39 is 23.5 Å². The SMILES string of the molecule is O=C(COc1ccccc1[N+](=O)[O-])Oc1ccc(C(=O)O)cc1Br. The number of hydrogen-bond acceptors (Lipinski definition) is 6. The highest BCUT2D eigenvalue weighted by Gasteiger charge is 2.16. The van der Waals surface area contributed by atoms with Gasteiger partial charge in [-0.3, -0.25) is 10.1 Å². The topological polar surface area (TPSA) is 116 Å². The molecule has 1 N–H and O–H groups in total. The Labute approximate surface area is 143 Å². The minimum Gasteiger partial charge on any atom is -0.478 e. The van der Waals surface area contributed by atoms with Crippen LogP contribution >= 0.6 is 15.9 Å². The maximum Gasteiger partial charge on any atom is 0.349 e. The minimum atomic E-state index is -1.12. The number of esters is 1. The number of nitrogens with zero attached hydrogens (tertiary/aromatic N) is 1. The van der Waals surface area contributed by atoms with E-state index in [0.29, 0.717) is 0 Å². The summed E-state index contributed by atoms with van der Waals surface area (Å²) in [5.41, 5.74) is -0.241. The van der Waals surface area contributed by atoms with E-state index >= 15 is 0 Å². The summed E-state index contributed by atoms with van der Waals surface area (Å²) < 4.78 is 10.4. The van der Waals surface area contributed by atoms with Crippen LogP contribution in [0.4, 0.5) is 5.69 Å². The summed E-state index contributed by atoms with van der Waals surface area (Å²) in [6, 6.07) is 9.51. The van der Waals surface area contributed by atoms with E-state index in [1.165, 1.54) is 42.5 Å². The number of rotatable bonds is 6. The van der Waals surface area contributed by atoms with Crippen molar-refractivity contribution in [2.75, 3.05) is 6.61 Å². The van der Waals surface area contributed by atoms with Crippen molar-refractivity contribution in [3.8, 4) is 11.5 Å². The lowest BCUT2D eigenvalue weighted by molar-refractivity contribution is -0.385. The lowest BCUT2D eigenvalue weighted by atomic mass is 10.2. The van der Waals surface area contributed by atoms with Crippen molar-refractivity contribution < 1.29 is 29.1 Å². The van der Waals surface area contributed by atoms with Gasteiger partial charge < -0.3 is 14.6 Å². The minimum absolute atomic E-state index is 0.0258. The molecule has 9 heteroatoms. The van der Waals surface area contributed by atoms with E-state index in [9.17, 15) is 19.7 Å². The van der Waals surface area contributed by atoms with Gasteiger partial charge in [-0.1, -0.05) is 12.1 Å². The molecule has 0 unspecified atom stereocenters. The summed E-state index contributed by atoms with van der Waals surface area (Å²) in [6.45, 7) is -0.544. The van der Waals surface area contributed by atoms with E-state index in [0.717, 1.165) is 0 Å². The van der Waals surface area contributed by atoms with Gasteiger partial charge in [-0.15, -0.1) is 0 Å². The Morgan fingerprint density at radius 3 is 2.50 bits per heavy atom. The van der Waals surface area contributed by atoms with Crippen LogP contribution in [0.2, 0.25) is 0 Å². The number of carbonyl (C=O) groups is 2. The largest absolute Gasteiger partial charge is 0.478 e. The van der Waals surface area contributed by atoms with Crippen LogP contribution < -0.4 is 9.47 Å². The first-order chi connectivity index (χ1) is 11.4. The number of benzene rings is 2. The number of ether oxygens (including phenoxy) is 2. The van der Waals surface area contributed by atoms with Crippen molar-refractivity contribution in [2.45, 2.75) is 0 Å². The van der Waals surface area contributed by atoms with Crippen LogP contribution in [0.5, 0.6) is 11.5 Å². The summed E-state index contributed by atoms with van der Waals surface area (Å²) in [5.74, 6) is -1.86. The third kappa shape index (κ3) is 4.29. The molecular formula is C15H10BrNO7. The molecule has 0 saturated heterocycles. The first kappa shape index (κ1) is 17.4. The van der Waals surface area contributed by atoms with Crippen LogP contribution in [-0.4, -0.2) is 28.6 Å². The van der Waals surface area contributed by atoms with Gasteiger partial charge in [0.25, 0.3) is 0 Å². The van der Waals surface area contributed by atoms with Gasteiger partial charge in [0, 0.05) is 6.07 Å². The predicted octanol–water partition coefficient (Wildman–Crippen LogP) is 3.04. The second-order valence-electron chi connectivity index (χ2n) is 4.44. The Morgan fingerprint density at radius 1 is 1.17 bits per heavy atom. The zero-order valence-electron chi connectivity index (χ0n) is 12.0. The van der Waals surface area contributed by atoms with E-state index in [4.69, 9.17) is 14.6 Å². The molecule has 124 valence electrons. The van der Waals surface area contributed by atoms with Gasteiger partial charge in [0.05, 0.1) is 15.0 Å². The average molecular weight is 396 g/mol. The number of halogens is 1. The molecule has 8 nitrogen and oxygen atoms in total. The first-order valence-electron chi connectivity index (χ1n) is 6.48. The molecule has 24 heavy (non-hydrogen) atoms. The lowest BCUT2D eigenvalue weighted by Gasteiger charge is -2.08. The fourth-order valence-electron chi connectivity index (χ4n) is 1.74. The molecule has 0 bridgehead atoms. The Kier molecular flexibility index (Phi) is 5.48. The highest BCUT2D eigenvalue weighted by Crippen LogP contribution is 2.27. The van der Waals surface area contributed by atoms with Crippen LogP contribution in [0.25, 0.3) is 0 Å². The molecule has 0 aliphatic heterocycles. The van der Waals surface area contributed by atoms with E-state index in [-0.39, 0.29) is 27.2 Å². The molecule has 0 aromatic heterocycles. The molecule has 0 aliphatic rings. The standard InChI is InChI=1S/C15H10BrNO7/c16-10-7-9(15(19)20)5-6-12(10)24-14(18)8-23-13-4-2-1-3-11(13)17(21)22/h1-7H,8H2,(H,19,20). The Balaban J connectivity index is 2.02. The van der Waals surface area contributed by atoms with Gasteiger partial charge >= 0.3 is 17.6 Å². The van der Waals surface area contributed by atoms with E-state index in [1.807, 2.05) is 0 Å². The highest BCUT2D eigenvalue weighted by molar-refractivity contribution is 9.10. The van der Waals surface area contributed by atoms with Crippen LogP contribution in [0.15, 0.2) is 46.9 Å². The second-order valence-corrected chi connectivity index (χ2v) is 5.29. The van der Waals surface area contributed by atoms with Crippen LogP contribution in [0.3, 0.4) is 0 Å². The van der Waals surface area contributed by atoms with Crippen molar-refractivity contribution in [2.24, 2.45) is 0 Å². The Morgan fingerprint density at radius 2 is 1.88 bits per heavy atom. The fourth-order valence-corrected chi connectivity index (χ4v) is 2.20. The first-order valence-corrected chi connectivity index (χ1v) is 7.27. The number of nitro benzene ring substituents is 1. The van der Waals surface area contributed by atoms with Crippen molar-refractivity contribution >= 4 is 33.6 Å². The molecule has 2 aromatic rings. The van der Waals surface area contributed by atoms with Gasteiger partial charge in [0.1, 0.15) is 5.75 Å². The van der Waals surface area contributed by atoms with Crippen molar-refractivity contribution in [3.63, 3.8) is 0 Å². The lowest BCUT2D eigenvalue weighted by Crippen LogP contribution is -2.18. The smallest absolute Gasteiger partial charge is 0.349 e. The molecule has 0 heterocycles. The summed E-state index contributed by atoms with van der Waals surface area (Å²) >= 11 is 3.10. The average Bonchev–Trinajstić information content (AvgIpc) is 2.54. The zero-order valence-corrected chi connectivity index (χ0v) is 13.6. The van der Waals surface area contributed by atoms with Gasteiger partial charge in [-0.05, 0) is 40.2 Å². The molecule has 0 spiro atoms. The number of para-hydroxylation sites is 2. The molecule has 0 aliphatic carbocycles. The van der Waals surface area contributed by atoms with Gasteiger partial charge in [-0.25, -0.2) is 9.59 Å². The molecule has 2 aromatic carbocycles. The number of nitro groups is 1. The second kappa shape index (κ2) is 7.55. The van der Waals surface area contributed by atoms with Gasteiger partial charge in [0.15, 0.2) is 12.4 Å². The summed E-state index contributed by atoms with van der Waals surface area (Å²) in [6.07, 6.45) is 0. The van der Waals surface area contributed by atoms with Crippen molar-refractivity contribution in [1.29, 1.82) is 0 Å². The van der Waals surface area contributed by atoms with Crippen molar-refractivity contribution in [3.05, 3.63) is 62.6 Å². The Bertz CT molecular complexity index is 806. The van der Waals surface area contributed by atoms with Gasteiger partial charge in [0.2, 0.25) is 0 Å². The maximum atomic E-state index is 11.8. The normalized spacial score (nSPS) is 10.0. The summed E-state index contributed by atoms with van der Waals surface area (Å²) in [4.78, 5) is 32.8. The quantitative estimate of drug-likeness (QED) is 0.345. The number of aromatic carboxylic acids is 1. The third-order valence-electron chi connectivity index (χ3n) is 2.81. The summed E-state index contributed by atoms with van der Waals surface area (Å²) in [7, 11) is 0. The Hall–Kier alpha value is -2.94. The van der Waals surface area contributed by atoms with Crippen LogP contribution in [-0.2, 0) is 4.79 Å². The highest BCUT2D eigenvalue weighted by atomic mass is 79.9. The molecular weight excluding hydrogens is 386 g/mol. The third-order valence-corrected chi connectivity index (χ3v) is 3.43. The van der Waals surface area contributed by atoms with Crippen LogP contribution in [0.1, 0.15) is 10.4 Å². The molecule has 0 saturated carbocycles. The number of hydrogen-bond donors (Lipinski definition) is 1. The van der Waals surface area contributed by atoms with E-state index in [1.54, 1.807) is 0 Å².